The van der Waals surface area contributed by atoms with Crippen LogP contribution in [0.4, 0.5) is 5.82 Å². The average molecular weight is 325 g/mol. The maximum Gasteiger partial charge on any atom is 0.215 e. The van der Waals surface area contributed by atoms with E-state index >= 15 is 0 Å². The molecule has 2 N–H and O–H groups in total. The van der Waals surface area contributed by atoms with E-state index in [1.165, 1.54) is 0 Å². The van der Waals surface area contributed by atoms with Crippen LogP contribution in [0.1, 0.15) is 24.1 Å². The summed E-state index contributed by atoms with van der Waals surface area (Å²) in [5.74, 6) is 0.898. The first-order valence-corrected chi connectivity index (χ1v) is 9.53. The van der Waals surface area contributed by atoms with Crippen molar-refractivity contribution in [1.82, 2.24) is 19.6 Å². The summed E-state index contributed by atoms with van der Waals surface area (Å²) >= 11 is 0. The monoisotopic (exact) mass is 325 g/mol. The molecule has 0 unspecified atom stereocenters. The van der Waals surface area contributed by atoms with E-state index in [0.717, 1.165) is 55.8 Å². The molecule has 1 aromatic heterocycles. The number of hydrogen-bond acceptors (Lipinski definition) is 6. The lowest BCUT2D eigenvalue weighted by atomic mass is 10.1. The molecule has 0 aromatic carbocycles. The Labute approximate surface area is 131 Å². The van der Waals surface area contributed by atoms with Crippen molar-refractivity contribution in [2.45, 2.75) is 25.7 Å². The first-order chi connectivity index (χ1) is 10.7. The van der Waals surface area contributed by atoms with Crippen molar-refractivity contribution in [1.29, 1.82) is 0 Å². The molecule has 2 aliphatic rings. The summed E-state index contributed by atoms with van der Waals surface area (Å²) in [6.07, 6.45) is 5.26. The van der Waals surface area contributed by atoms with Crippen LogP contribution in [0, 0.1) is 0 Å². The highest BCUT2D eigenvalue weighted by molar-refractivity contribution is 7.89. The van der Waals surface area contributed by atoms with Crippen molar-refractivity contribution >= 4 is 15.8 Å². The third-order valence-corrected chi connectivity index (χ3v) is 6.11. The summed E-state index contributed by atoms with van der Waals surface area (Å²) in [4.78, 5) is 8.63. The van der Waals surface area contributed by atoms with Crippen LogP contribution >= 0.6 is 0 Å². The van der Waals surface area contributed by atoms with Crippen LogP contribution in [0.5, 0.6) is 0 Å². The smallest absolute Gasteiger partial charge is 0.215 e. The Morgan fingerprint density at radius 1 is 1.18 bits per heavy atom. The van der Waals surface area contributed by atoms with Gasteiger partial charge in [0.1, 0.15) is 12.1 Å². The van der Waals surface area contributed by atoms with Crippen molar-refractivity contribution in [2.24, 2.45) is 0 Å². The second-order valence-corrected chi connectivity index (χ2v) is 7.83. The first kappa shape index (κ1) is 15.6. The van der Waals surface area contributed by atoms with Gasteiger partial charge in [0.25, 0.3) is 0 Å². The fourth-order valence-corrected chi connectivity index (χ4v) is 4.45. The second kappa shape index (κ2) is 6.89. The Morgan fingerprint density at radius 2 is 1.95 bits per heavy atom. The lowest BCUT2D eigenvalue weighted by molar-refractivity contribution is 0.478. The van der Waals surface area contributed by atoms with Crippen LogP contribution in [0.3, 0.4) is 0 Å². The molecule has 0 spiro atoms. The van der Waals surface area contributed by atoms with E-state index < -0.39 is 10.0 Å². The van der Waals surface area contributed by atoms with E-state index in [9.17, 15) is 8.42 Å². The van der Waals surface area contributed by atoms with E-state index in [2.05, 4.69) is 20.6 Å². The number of nitrogens with zero attached hydrogens (tertiary/aromatic N) is 3. The van der Waals surface area contributed by atoms with Crippen molar-refractivity contribution in [3.05, 3.63) is 17.6 Å². The van der Waals surface area contributed by atoms with Gasteiger partial charge in [0, 0.05) is 38.2 Å². The van der Waals surface area contributed by atoms with Gasteiger partial charge in [-0.15, -0.1) is 0 Å². The molecule has 7 nitrogen and oxygen atoms in total. The molecule has 2 aliphatic heterocycles. The lowest BCUT2D eigenvalue weighted by Crippen LogP contribution is -2.32. The van der Waals surface area contributed by atoms with Crippen LogP contribution in [0.15, 0.2) is 6.33 Å². The first-order valence-electron chi connectivity index (χ1n) is 7.92. The molecule has 3 heterocycles. The highest BCUT2D eigenvalue weighted by atomic mass is 32.2. The molecule has 1 aromatic rings. The predicted octanol–water partition coefficient (Wildman–Crippen LogP) is 0.00230. The number of hydrogen-bond donors (Lipinski definition) is 2. The summed E-state index contributed by atoms with van der Waals surface area (Å²) in [5, 5.41) is 6.54. The summed E-state index contributed by atoms with van der Waals surface area (Å²) in [5.41, 5.74) is 2.18. The van der Waals surface area contributed by atoms with Gasteiger partial charge in [-0.2, -0.15) is 0 Å². The number of aromatic nitrogens is 2. The Balaban J connectivity index is 1.62. The highest BCUT2D eigenvalue weighted by Crippen LogP contribution is 2.18. The molecular formula is C14H23N5O2S. The molecule has 0 radical (unpaired) electrons. The third kappa shape index (κ3) is 3.56. The van der Waals surface area contributed by atoms with Crippen LogP contribution in [0.2, 0.25) is 0 Å². The zero-order valence-electron chi connectivity index (χ0n) is 12.7. The summed E-state index contributed by atoms with van der Waals surface area (Å²) in [6.45, 7) is 3.54. The molecule has 0 atom stereocenters. The molecule has 122 valence electrons. The maximum absolute atomic E-state index is 12.2. The molecule has 8 heteroatoms. The van der Waals surface area contributed by atoms with Gasteiger partial charge in [-0.1, -0.05) is 0 Å². The summed E-state index contributed by atoms with van der Waals surface area (Å²) in [6, 6.07) is 0. The van der Waals surface area contributed by atoms with Gasteiger partial charge >= 0.3 is 0 Å². The van der Waals surface area contributed by atoms with Crippen LogP contribution in [-0.4, -0.2) is 61.2 Å². The molecule has 1 fully saturated rings. The van der Waals surface area contributed by atoms with E-state index in [1.54, 1.807) is 10.6 Å². The maximum atomic E-state index is 12.2. The van der Waals surface area contributed by atoms with Gasteiger partial charge in [0.2, 0.25) is 10.0 Å². The molecule has 0 amide bonds. The van der Waals surface area contributed by atoms with Crippen LogP contribution in [0.25, 0.3) is 0 Å². The average Bonchev–Trinajstić information content (AvgIpc) is 2.94. The van der Waals surface area contributed by atoms with Crippen LogP contribution in [-0.2, 0) is 22.9 Å². The van der Waals surface area contributed by atoms with Gasteiger partial charge < -0.3 is 10.6 Å². The van der Waals surface area contributed by atoms with Gasteiger partial charge in [0.05, 0.1) is 11.4 Å². The minimum absolute atomic E-state index is 0.115. The Bertz CT molecular complexity index is 614. The number of anilines is 1. The molecule has 0 aliphatic carbocycles. The minimum Gasteiger partial charge on any atom is -0.369 e. The van der Waals surface area contributed by atoms with Gasteiger partial charge in [0.15, 0.2) is 0 Å². The number of rotatable bonds is 5. The van der Waals surface area contributed by atoms with E-state index in [4.69, 9.17) is 0 Å². The minimum atomic E-state index is -3.14. The summed E-state index contributed by atoms with van der Waals surface area (Å²) < 4.78 is 26.0. The third-order valence-electron chi connectivity index (χ3n) is 4.24. The van der Waals surface area contributed by atoms with Crippen molar-refractivity contribution in [2.75, 3.05) is 43.8 Å². The van der Waals surface area contributed by atoms with Crippen molar-refractivity contribution in [3.8, 4) is 0 Å². The SMILES string of the molecule is O=S(=O)(CCNc1ncnc2c1CCNCC2)N1CCCC1. The molecule has 0 bridgehead atoms. The van der Waals surface area contributed by atoms with E-state index in [1.807, 2.05) is 0 Å². The summed E-state index contributed by atoms with van der Waals surface area (Å²) in [7, 11) is -3.14. The predicted molar refractivity (Wildman–Crippen MR) is 85.4 cm³/mol. The largest absolute Gasteiger partial charge is 0.369 e. The normalized spacial score (nSPS) is 19.6. The van der Waals surface area contributed by atoms with Crippen molar-refractivity contribution < 1.29 is 8.42 Å². The lowest BCUT2D eigenvalue weighted by Gasteiger charge is -2.16. The zero-order chi connectivity index (χ0) is 15.4. The Kier molecular flexibility index (Phi) is 4.90. The molecule has 1 saturated heterocycles. The standard InChI is InChI=1S/C14H23N5O2S/c20-22(21,19-8-1-2-9-19)10-7-16-14-12-3-5-15-6-4-13(12)17-11-18-14/h11,15H,1-10H2,(H,16,17,18). The molecule has 0 saturated carbocycles. The Morgan fingerprint density at radius 3 is 2.77 bits per heavy atom. The molecule has 3 rings (SSSR count). The molecular weight excluding hydrogens is 302 g/mol. The van der Waals surface area contributed by atoms with E-state index in [0.29, 0.717) is 19.6 Å². The van der Waals surface area contributed by atoms with Crippen LogP contribution < -0.4 is 10.6 Å². The number of sulfonamides is 1. The second-order valence-electron chi connectivity index (χ2n) is 5.75. The number of nitrogens with one attached hydrogen (secondary N) is 2. The van der Waals surface area contributed by atoms with E-state index in [-0.39, 0.29) is 5.75 Å². The van der Waals surface area contributed by atoms with Crippen molar-refractivity contribution in [3.63, 3.8) is 0 Å². The zero-order valence-corrected chi connectivity index (χ0v) is 13.5. The van der Waals surface area contributed by atoms with Gasteiger partial charge in [-0.3, -0.25) is 0 Å². The van der Waals surface area contributed by atoms with Gasteiger partial charge in [-0.05, 0) is 25.8 Å². The molecule has 22 heavy (non-hydrogen) atoms. The number of fused-ring (bicyclic) bond motifs is 1. The topological polar surface area (TPSA) is 87.2 Å². The van der Waals surface area contributed by atoms with Gasteiger partial charge in [-0.25, -0.2) is 22.7 Å². The quantitative estimate of drug-likeness (QED) is 0.792. The fourth-order valence-electron chi connectivity index (χ4n) is 3.02. The Hall–Kier alpha value is -1.25. The fraction of sp³-hybridized carbons (Fsp3) is 0.714. The highest BCUT2D eigenvalue weighted by Gasteiger charge is 2.24.